The minimum Gasteiger partial charge on any atom is -0.326 e. The molecule has 2 bridgehead atoms. The van der Waals surface area contributed by atoms with E-state index in [1.54, 1.807) is 0 Å². The molecule has 0 radical (unpaired) electrons. The van der Waals surface area contributed by atoms with Crippen molar-refractivity contribution >= 4 is 0 Å². The van der Waals surface area contributed by atoms with Gasteiger partial charge in [0, 0.05) is 18.6 Å². The lowest BCUT2D eigenvalue weighted by Gasteiger charge is -2.35. The summed E-state index contributed by atoms with van der Waals surface area (Å²) in [6.07, 6.45) is 12.8. The molecule has 0 aromatic heterocycles. The summed E-state index contributed by atoms with van der Waals surface area (Å²) in [6, 6.07) is 1.09. The van der Waals surface area contributed by atoms with Crippen LogP contribution in [0, 0.1) is 17.8 Å². The summed E-state index contributed by atoms with van der Waals surface area (Å²) in [5.74, 6) is 3.12. The van der Waals surface area contributed by atoms with Crippen molar-refractivity contribution in [1.29, 1.82) is 0 Å². The lowest BCUT2D eigenvalue weighted by Crippen LogP contribution is -2.47. The molecule has 5 unspecified atom stereocenters. The van der Waals surface area contributed by atoms with Crippen LogP contribution in [0.2, 0.25) is 0 Å². The minimum atomic E-state index is 0.427. The molecule has 2 heteroatoms. The first kappa shape index (κ1) is 12.9. The van der Waals surface area contributed by atoms with Crippen molar-refractivity contribution in [1.82, 2.24) is 4.90 Å². The summed E-state index contributed by atoms with van der Waals surface area (Å²) in [6.45, 7) is 1.32. The van der Waals surface area contributed by atoms with Crippen molar-refractivity contribution in [2.75, 3.05) is 13.6 Å². The molecule has 0 heterocycles. The number of fused-ring (bicyclic) bond motifs is 2. The fraction of sp³-hybridized carbons (Fsp3) is 1.00. The fourth-order valence-corrected chi connectivity index (χ4v) is 4.97. The van der Waals surface area contributed by atoms with Crippen LogP contribution >= 0.6 is 0 Å². The van der Waals surface area contributed by atoms with Gasteiger partial charge in [0.15, 0.2) is 0 Å². The molecule has 0 aromatic rings. The zero-order valence-electron chi connectivity index (χ0n) is 12.0. The van der Waals surface area contributed by atoms with Crippen molar-refractivity contribution in [3.63, 3.8) is 0 Å². The first-order valence-corrected chi connectivity index (χ1v) is 8.20. The standard InChI is InChI=1S/C16H30N2/c1-18(16-6-4-2-3-5-15(16)17)11-14-10-12-7-8-13(14)9-12/h12-16H,2-11,17H2,1H3. The smallest absolute Gasteiger partial charge is 0.0244 e. The maximum absolute atomic E-state index is 6.39. The lowest BCUT2D eigenvalue weighted by molar-refractivity contribution is 0.148. The Hall–Kier alpha value is -0.0800. The second-order valence-corrected chi connectivity index (χ2v) is 7.24. The van der Waals surface area contributed by atoms with Gasteiger partial charge in [0.2, 0.25) is 0 Å². The van der Waals surface area contributed by atoms with Crippen LogP contribution in [-0.4, -0.2) is 30.6 Å². The Morgan fingerprint density at radius 3 is 2.56 bits per heavy atom. The Balaban J connectivity index is 1.55. The van der Waals surface area contributed by atoms with Gasteiger partial charge in [0.1, 0.15) is 0 Å². The first-order chi connectivity index (χ1) is 8.74. The normalized spacial score (nSPS) is 44.5. The van der Waals surface area contributed by atoms with Crippen LogP contribution < -0.4 is 5.73 Å². The van der Waals surface area contributed by atoms with Crippen LogP contribution in [0.15, 0.2) is 0 Å². The van der Waals surface area contributed by atoms with E-state index < -0.39 is 0 Å². The number of likely N-dealkylation sites (N-methyl/N-ethyl adjacent to an activating group) is 1. The molecule has 2 nitrogen and oxygen atoms in total. The zero-order valence-corrected chi connectivity index (χ0v) is 12.0. The second kappa shape index (κ2) is 5.50. The maximum Gasteiger partial charge on any atom is 0.0244 e. The monoisotopic (exact) mass is 250 g/mol. The SMILES string of the molecule is CN(CC1CC2CCC1C2)C1CCCCCC1N. The van der Waals surface area contributed by atoms with E-state index in [0.717, 1.165) is 17.8 Å². The molecule has 18 heavy (non-hydrogen) atoms. The molecular weight excluding hydrogens is 220 g/mol. The molecule has 5 atom stereocenters. The average molecular weight is 250 g/mol. The van der Waals surface area contributed by atoms with Crippen molar-refractivity contribution < 1.29 is 0 Å². The van der Waals surface area contributed by atoms with E-state index >= 15 is 0 Å². The molecule has 3 aliphatic carbocycles. The van der Waals surface area contributed by atoms with Crippen molar-refractivity contribution in [3.05, 3.63) is 0 Å². The third-order valence-corrected chi connectivity index (χ3v) is 6.00. The molecule has 0 aliphatic heterocycles. The fourth-order valence-electron chi connectivity index (χ4n) is 4.97. The van der Waals surface area contributed by atoms with Gasteiger partial charge in [-0.05, 0) is 56.9 Å². The Bertz CT molecular complexity index is 278. The van der Waals surface area contributed by atoms with E-state index in [1.807, 2.05) is 0 Å². The summed E-state index contributed by atoms with van der Waals surface area (Å²) < 4.78 is 0. The highest BCUT2D eigenvalue weighted by Gasteiger charge is 2.40. The largest absolute Gasteiger partial charge is 0.326 e. The van der Waals surface area contributed by atoms with Gasteiger partial charge in [0.25, 0.3) is 0 Å². The van der Waals surface area contributed by atoms with Crippen LogP contribution in [0.3, 0.4) is 0 Å². The Kier molecular flexibility index (Phi) is 3.95. The van der Waals surface area contributed by atoms with Gasteiger partial charge >= 0.3 is 0 Å². The van der Waals surface area contributed by atoms with Gasteiger partial charge in [-0.1, -0.05) is 25.7 Å². The highest BCUT2D eigenvalue weighted by Crippen LogP contribution is 2.48. The minimum absolute atomic E-state index is 0.427. The van der Waals surface area contributed by atoms with Gasteiger partial charge in [0.05, 0.1) is 0 Å². The van der Waals surface area contributed by atoms with Crippen molar-refractivity contribution in [2.24, 2.45) is 23.5 Å². The molecule has 2 N–H and O–H groups in total. The molecule has 3 aliphatic rings. The van der Waals surface area contributed by atoms with Crippen molar-refractivity contribution in [2.45, 2.75) is 69.9 Å². The summed E-state index contributed by atoms with van der Waals surface area (Å²) in [5.41, 5.74) is 6.39. The lowest BCUT2D eigenvalue weighted by atomic mass is 9.88. The van der Waals surface area contributed by atoms with Gasteiger partial charge < -0.3 is 10.6 Å². The summed E-state index contributed by atoms with van der Waals surface area (Å²) in [4.78, 5) is 2.63. The number of nitrogens with two attached hydrogens (primary N) is 1. The molecule has 3 saturated carbocycles. The van der Waals surface area contributed by atoms with Crippen LogP contribution in [-0.2, 0) is 0 Å². The third-order valence-electron chi connectivity index (χ3n) is 6.00. The number of hydrogen-bond acceptors (Lipinski definition) is 2. The molecule has 0 aromatic carbocycles. The van der Waals surface area contributed by atoms with Crippen LogP contribution in [0.5, 0.6) is 0 Å². The maximum atomic E-state index is 6.39. The Labute approximate surface area is 112 Å². The predicted octanol–water partition coefficient (Wildman–Crippen LogP) is 3.01. The summed E-state index contributed by atoms with van der Waals surface area (Å²) in [7, 11) is 2.34. The number of rotatable bonds is 3. The quantitative estimate of drug-likeness (QED) is 0.780. The van der Waals surface area contributed by atoms with Gasteiger partial charge in [-0.25, -0.2) is 0 Å². The topological polar surface area (TPSA) is 29.3 Å². The van der Waals surface area contributed by atoms with E-state index in [-0.39, 0.29) is 0 Å². The predicted molar refractivity (Wildman–Crippen MR) is 76.4 cm³/mol. The molecule has 104 valence electrons. The van der Waals surface area contributed by atoms with Gasteiger partial charge in [-0.2, -0.15) is 0 Å². The molecular formula is C16H30N2. The Morgan fingerprint density at radius 1 is 1.00 bits per heavy atom. The molecule has 3 rings (SSSR count). The summed E-state index contributed by atoms with van der Waals surface area (Å²) in [5, 5.41) is 0. The molecule has 0 spiro atoms. The van der Waals surface area contributed by atoms with E-state index in [9.17, 15) is 0 Å². The van der Waals surface area contributed by atoms with E-state index in [0.29, 0.717) is 12.1 Å². The number of nitrogens with zero attached hydrogens (tertiary/aromatic N) is 1. The second-order valence-electron chi connectivity index (χ2n) is 7.24. The van der Waals surface area contributed by atoms with Crippen LogP contribution in [0.1, 0.15) is 57.8 Å². The highest BCUT2D eigenvalue weighted by molar-refractivity contribution is 4.92. The summed E-state index contributed by atoms with van der Waals surface area (Å²) >= 11 is 0. The van der Waals surface area contributed by atoms with E-state index in [1.165, 1.54) is 64.3 Å². The van der Waals surface area contributed by atoms with Crippen LogP contribution in [0.4, 0.5) is 0 Å². The van der Waals surface area contributed by atoms with Crippen molar-refractivity contribution in [3.8, 4) is 0 Å². The molecule has 0 amide bonds. The zero-order chi connectivity index (χ0) is 12.5. The van der Waals surface area contributed by atoms with E-state index in [2.05, 4.69) is 11.9 Å². The first-order valence-electron chi connectivity index (χ1n) is 8.20. The third kappa shape index (κ3) is 2.60. The molecule has 3 fully saturated rings. The van der Waals surface area contributed by atoms with E-state index in [4.69, 9.17) is 5.73 Å². The number of hydrogen-bond donors (Lipinski definition) is 1. The average Bonchev–Trinajstić information content (AvgIpc) is 2.88. The van der Waals surface area contributed by atoms with Gasteiger partial charge in [-0.3, -0.25) is 0 Å². The van der Waals surface area contributed by atoms with Crippen LogP contribution in [0.25, 0.3) is 0 Å². The highest BCUT2D eigenvalue weighted by atomic mass is 15.1. The Morgan fingerprint density at radius 2 is 1.83 bits per heavy atom. The van der Waals surface area contributed by atoms with Gasteiger partial charge in [-0.15, -0.1) is 0 Å². The molecule has 0 saturated heterocycles.